The molecule has 6 nitrogen and oxygen atoms in total. The number of hydrogen-bond donors (Lipinski definition) is 1. The zero-order valence-electron chi connectivity index (χ0n) is 13.7. The molecule has 2 heterocycles. The molecule has 0 radical (unpaired) electrons. The molecule has 0 atom stereocenters. The van der Waals surface area contributed by atoms with Gasteiger partial charge in [-0.15, -0.1) is 0 Å². The van der Waals surface area contributed by atoms with Crippen molar-refractivity contribution < 1.29 is 4.79 Å². The van der Waals surface area contributed by atoms with Crippen LogP contribution < -0.4 is 5.32 Å². The molecule has 0 aliphatic rings. The summed E-state index contributed by atoms with van der Waals surface area (Å²) < 4.78 is 4.71. The molecule has 0 aromatic carbocycles. The van der Waals surface area contributed by atoms with Crippen molar-refractivity contribution in [2.75, 3.05) is 0 Å². The van der Waals surface area contributed by atoms with Crippen LogP contribution in [-0.2, 0) is 24.9 Å². The molecule has 2 rings (SSSR count). The number of amides is 1. The Balaban J connectivity index is 1.89. The Morgan fingerprint density at radius 3 is 2.32 bits per heavy atom. The molecule has 1 amide bonds. The first-order valence-electron chi connectivity index (χ1n) is 7.26. The van der Waals surface area contributed by atoms with Gasteiger partial charge in [0.1, 0.15) is 0 Å². The van der Waals surface area contributed by atoms with Crippen molar-refractivity contribution in [2.24, 2.45) is 7.05 Å². The molecule has 22 heavy (non-hydrogen) atoms. The Kier molecular flexibility index (Phi) is 5.05. The van der Waals surface area contributed by atoms with Gasteiger partial charge in [-0.1, -0.05) is 0 Å². The molecule has 0 unspecified atom stereocenters. The number of nitrogens with one attached hydrogen (secondary N) is 1. The summed E-state index contributed by atoms with van der Waals surface area (Å²) in [5.74, 6) is 0.0197. The number of hydrogen-bond acceptors (Lipinski definition) is 3. The highest BCUT2D eigenvalue weighted by atomic mass is 79.9. The van der Waals surface area contributed by atoms with Crippen LogP contribution in [0.3, 0.4) is 0 Å². The van der Waals surface area contributed by atoms with E-state index in [0.717, 1.165) is 32.8 Å². The molecule has 0 aliphatic carbocycles. The lowest BCUT2D eigenvalue weighted by molar-refractivity contribution is -0.121. The Morgan fingerprint density at radius 1 is 1.14 bits per heavy atom. The summed E-state index contributed by atoms with van der Waals surface area (Å²) in [4.78, 5) is 12.0. The van der Waals surface area contributed by atoms with E-state index < -0.39 is 0 Å². The average Bonchev–Trinajstić information content (AvgIpc) is 2.85. The van der Waals surface area contributed by atoms with Crippen LogP contribution in [-0.4, -0.2) is 25.5 Å². The largest absolute Gasteiger partial charge is 0.352 e. The molecule has 0 saturated heterocycles. The van der Waals surface area contributed by atoms with Crippen molar-refractivity contribution in [3.63, 3.8) is 0 Å². The predicted molar refractivity (Wildman–Crippen MR) is 88.5 cm³/mol. The van der Waals surface area contributed by atoms with Gasteiger partial charge in [0.2, 0.25) is 5.91 Å². The zero-order chi connectivity index (χ0) is 16.4. The van der Waals surface area contributed by atoms with Crippen LogP contribution in [0.5, 0.6) is 0 Å². The lowest BCUT2D eigenvalue weighted by Crippen LogP contribution is -2.24. The van der Waals surface area contributed by atoms with Gasteiger partial charge >= 0.3 is 0 Å². The first-order chi connectivity index (χ1) is 10.3. The molecular formula is C15H22BrN5O. The number of carbonyl (C=O) groups is 1. The van der Waals surface area contributed by atoms with Gasteiger partial charge < -0.3 is 5.32 Å². The first kappa shape index (κ1) is 16.7. The second kappa shape index (κ2) is 6.64. The molecule has 0 saturated carbocycles. The number of halogens is 1. The maximum absolute atomic E-state index is 12.0. The van der Waals surface area contributed by atoms with Gasteiger partial charge in [-0.05, 0) is 43.6 Å². The highest BCUT2D eigenvalue weighted by Crippen LogP contribution is 2.19. The SMILES string of the molecule is Cc1nn(CCC(=O)NCc2c(C)nn(C)c2C)c(C)c1Br. The van der Waals surface area contributed by atoms with Crippen molar-refractivity contribution in [1.82, 2.24) is 24.9 Å². The van der Waals surface area contributed by atoms with E-state index in [9.17, 15) is 4.79 Å². The van der Waals surface area contributed by atoms with Gasteiger partial charge in [-0.25, -0.2) is 0 Å². The third-order valence-electron chi connectivity index (χ3n) is 3.97. The molecule has 120 valence electrons. The molecule has 0 aliphatic heterocycles. The molecule has 0 spiro atoms. The maximum atomic E-state index is 12.0. The molecule has 0 bridgehead atoms. The third kappa shape index (κ3) is 3.40. The molecule has 1 N–H and O–H groups in total. The van der Waals surface area contributed by atoms with Crippen molar-refractivity contribution in [3.05, 3.63) is 32.8 Å². The zero-order valence-corrected chi connectivity index (χ0v) is 15.3. The third-order valence-corrected chi connectivity index (χ3v) is 5.11. The quantitative estimate of drug-likeness (QED) is 0.881. The number of carbonyl (C=O) groups excluding carboxylic acids is 1. The van der Waals surface area contributed by atoms with Crippen LogP contribution >= 0.6 is 15.9 Å². The summed E-state index contributed by atoms with van der Waals surface area (Å²) >= 11 is 3.49. The summed E-state index contributed by atoms with van der Waals surface area (Å²) in [6, 6.07) is 0. The minimum Gasteiger partial charge on any atom is -0.352 e. The monoisotopic (exact) mass is 367 g/mol. The number of aryl methyl sites for hydroxylation is 4. The average molecular weight is 368 g/mol. The normalized spacial score (nSPS) is 11.0. The van der Waals surface area contributed by atoms with Gasteiger partial charge in [0, 0.05) is 37.0 Å². The van der Waals surface area contributed by atoms with Crippen LogP contribution in [0.2, 0.25) is 0 Å². The highest BCUT2D eigenvalue weighted by molar-refractivity contribution is 9.10. The first-order valence-corrected chi connectivity index (χ1v) is 8.05. The minimum absolute atomic E-state index is 0.0197. The van der Waals surface area contributed by atoms with Gasteiger partial charge in [0.15, 0.2) is 0 Å². The van der Waals surface area contributed by atoms with E-state index in [1.807, 2.05) is 44.1 Å². The van der Waals surface area contributed by atoms with Crippen LogP contribution in [0.1, 0.15) is 34.8 Å². The van der Waals surface area contributed by atoms with Gasteiger partial charge in [0.25, 0.3) is 0 Å². The van der Waals surface area contributed by atoms with E-state index in [1.165, 1.54) is 0 Å². The van der Waals surface area contributed by atoms with Crippen molar-refractivity contribution in [1.29, 1.82) is 0 Å². The fourth-order valence-corrected chi connectivity index (χ4v) is 2.73. The molecule has 7 heteroatoms. The van der Waals surface area contributed by atoms with Crippen LogP contribution in [0.4, 0.5) is 0 Å². The lowest BCUT2D eigenvalue weighted by Gasteiger charge is -2.07. The fourth-order valence-electron chi connectivity index (χ4n) is 2.45. The van der Waals surface area contributed by atoms with E-state index in [2.05, 4.69) is 31.4 Å². The maximum Gasteiger partial charge on any atom is 0.222 e. The van der Waals surface area contributed by atoms with E-state index >= 15 is 0 Å². The van der Waals surface area contributed by atoms with Crippen molar-refractivity contribution in [3.8, 4) is 0 Å². The van der Waals surface area contributed by atoms with E-state index in [-0.39, 0.29) is 5.91 Å². The molecule has 2 aromatic rings. The van der Waals surface area contributed by atoms with Crippen LogP contribution in [0.15, 0.2) is 4.47 Å². The van der Waals surface area contributed by atoms with Crippen molar-refractivity contribution in [2.45, 2.75) is 47.2 Å². The standard InChI is InChI=1S/C15H22BrN5O/c1-9-13(11(3)20(5)18-9)8-17-14(22)6-7-21-12(4)15(16)10(2)19-21/h6-8H2,1-5H3,(H,17,22). The fraction of sp³-hybridized carbons (Fsp3) is 0.533. The van der Waals surface area contributed by atoms with Gasteiger partial charge in [-0.3, -0.25) is 14.2 Å². The summed E-state index contributed by atoms with van der Waals surface area (Å²) in [5.41, 5.74) is 5.12. The smallest absolute Gasteiger partial charge is 0.222 e. The van der Waals surface area contributed by atoms with E-state index in [1.54, 1.807) is 0 Å². The Morgan fingerprint density at radius 2 is 1.82 bits per heavy atom. The van der Waals surface area contributed by atoms with E-state index in [0.29, 0.717) is 19.5 Å². The second-order valence-corrected chi connectivity index (χ2v) is 6.30. The van der Waals surface area contributed by atoms with Gasteiger partial charge in [-0.2, -0.15) is 10.2 Å². The Bertz CT molecular complexity index is 701. The molecular weight excluding hydrogens is 346 g/mol. The second-order valence-electron chi connectivity index (χ2n) is 5.51. The number of rotatable bonds is 5. The van der Waals surface area contributed by atoms with Crippen LogP contribution in [0, 0.1) is 27.7 Å². The number of nitrogens with zero attached hydrogens (tertiary/aromatic N) is 4. The summed E-state index contributed by atoms with van der Waals surface area (Å²) in [7, 11) is 1.91. The number of aromatic nitrogens is 4. The van der Waals surface area contributed by atoms with E-state index in [4.69, 9.17) is 0 Å². The Hall–Kier alpha value is -1.63. The van der Waals surface area contributed by atoms with Gasteiger partial charge in [0.05, 0.1) is 22.4 Å². The lowest BCUT2D eigenvalue weighted by atomic mass is 10.2. The Labute approximate surface area is 139 Å². The predicted octanol–water partition coefficient (Wildman–Crippen LogP) is 2.32. The molecule has 2 aromatic heterocycles. The summed E-state index contributed by atoms with van der Waals surface area (Å²) in [6.45, 7) is 9.00. The van der Waals surface area contributed by atoms with Crippen molar-refractivity contribution >= 4 is 21.8 Å². The summed E-state index contributed by atoms with van der Waals surface area (Å²) in [5, 5.41) is 11.7. The molecule has 0 fully saturated rings. The summed E-state index contributed by atoms with van der Waals surface area (Å²) in [6.07, 6.45) is 0.409. The highest BCUT2D eigenvalue weighted by Gasteiger charge is 2.12. The minimum atomic E-state index is 0.0197. The topological polar surface area (TPSA) is 64.7 Å². The van der Waals surface area contributed by atoms with Crippen LogP contribution in [0.25, 0.3) is 0 Å².